The molecule has 68 valence electrons. The third-order valence-electron chi connectivity index (χ3n) is 0.416. The molecule has 0 fully saturated rings. The predicted octanol–water partition coefficient (Wildman–Crippen LogP) is 1.73. The summed E-state index contributed by atoms with van der Waals surface area (Å²) in [7, 11) is 0. The van der Waals surface area contributed by atoms with E-state index < -0.39 is 0 Å². The highest BCUT2D eigenvalue weighted by molar-refractivity contribution is 4.10. The van der Waals surface area contributed by atoms with Gasteiger partial charge in [-0.15, -0.1) is 0 Å². The van der Waals surface area contributed by atoms with Crippen LogP contribution >= 0.6 is 0 Å². The first-order valence-corrected chi connectivity index (χ1v) is 2.48. The summed E-state index contributed by atoms with van der Waals surface area (Å²) < 4.78 is 0. The summed E-state index contributed by atoms with van der Waals surface area (Å²) in [6.45, 7) is 0. The van der Waals surface area contributed by atoms with E-state index in [1.54, 1.807) is 0 Å². The van der Waals surface area contributed by atoms with Crippen molar-refractivity contribution in [2.24, 2.45) is 63.3 Å². The van der Waals surface area contributed by atoms with Gasteiger partial charge in [0, 0.05) is 0 Å². The molecule has 0 saturated heterocycles. The minimum atomic E-state index is 2.49. The summed E-state index contributed by atoms with van der Waals surface area (Å²) in [5.41, 5.74) is 6.14. The zero-order chi connectivity index (χ0) is 9.78. The molecule has 0 unspecified atom stereocenters. The standard InChI is InChI=1S/H3N13/c1-3-5-7-9-11-13-12-10-8-6-4-2/h(H3,1,2,5,6,9,10,13). The van der Waals surface area contributed by atoms with Crippen molar-refractivity contribution in [3.05, 3.63) is 0 Å². The molecule has 0 aliphatic rings. The van der Waals surface area contributed by atoms with Crippen LogP contribution in [0.5, 0.6) is 0 Å². The van der Waals surface area contributed by atoms with E-state index in [9.17, 15) is 0 Å². The van der Waals surface area contributed by atoms with E-state index in [0.29, 0.717) is 0 Å². The zero-order valence-electron chi connectivity index (χ0n) is 6.00. The summed E-state index contributed by atoms with van der Waals surface area (Å²) in [6, 6.07) is 0. The normalized spacial score (nSPS) is 13.2. The Hall–Kier alpha value is -2.60. The lowest BCUT2D eigenvalue weighted by molar-refractivity contribution is 0.754. The van der Waals surface area contributed by atoms with E-state index in [2.05, 4.69) is 63.3 Å². The third-order valence-corrected chi connectivity index (χ3v) is 0.416. The maximum absolute atomic E-state index is 6.14. The second-order valence-corrected chi connectivity index (χ2v) is 1.02. The quantitative estimate of drug-likeness (QED) is 0.368. The Bertz CT molecular complexity index is 247. The van der Waals surface area contributed by atoms with Crippen molar-refractivity contribution in [3.8, 4) is 0 Å². The van der Waals surface area contributed by atoms with Crippen LogP contribution in [0, 0.1) is 5.53 Å². The zero-order valence-corrected chi connectivity index (χ0v) is 6.00. The van der Waals surface area contributed by atoms with Gasteiger partial charge in [-0.25, -0.2) is 0 Å². The number of nitrogens with two attached hydrogens (primary N) is 1. The van der Waals surface area contributed by atoms with Gasteiger partial charge >= 0.3 is 0 Å². The first-order valence-electron chi connectivity index (χ1n) is 2.48. The molecule has 0 aromatic rings. The molecule has 0 atom stereocenters. The maximum atomic E-state index is 6.14. The van der Waals surface area contributed by atoms with Crippen molar-refractivity contribution < 1.29 is 0 Å². The summed E-state index contributed by atoms with van der Waals surface area (Å²) in [5.74, 6) is 4.56. The fraction of sp³-hybridized carbons (Fsp3) is 0. The van der Waals surface area contributed by atoms with Crippen molar-refractivity contribution in [2.75, 3.05) is 0 Å². The van der Waals surface area contributed by atoms with Gasteiger partial charge in [0.25, 0.3) is 0 Å². The Balaban J connectivity index is 3.68. The largest absolute Gasteiger partial charge is 0.303 e. The van der Waals surface area contributed by atoms with Gasteiger partial charge in [-0.05, 0) is 52.2 Å². The lowest BCUT2D eigenvalue weighted by Crippen LogP contribution is -1.70. The molecule has 0 rings (SSSR count). The van der Waals surface area contributed by atoms with Gasteiger partial charge in [0.15, 0.2) is 0 Å². The summed E-state index contributed by atoms with van der Waals surface area (Å²) in [4.78, 5) is 0. The number of hydrogen-bond donors (Lipinski definition) is 2. The summed E-state index contributed by atoms with van der Waals surface area (Å²) in [6.07, 6.45) is 0. The maximum Gasteiger partial charge on any atom is -0.0000000000821 e. The van der Waals surface area contributed by atoms with Crippen LogP contribution in [-0.4, -0.2) is 0 Å². The van der Waals surface area contributed by atoms with Crippen molar-refractivity contribution in [1.82, 2.24) is 0 Å². The molecular weight excluding hydrogens is 182 g/mol. The highest BCUT2D eigenvalue weighted by atomic mass is 15.7. The van der Waals surface area contributed by atoms with Crippen LogP contribution in [0.4, 0.5) is 0 Å². The second kappa shape index (κ2) is 9.40. The van der Waals surface area contributed by atoms with E-state index in [0.717, 1.165) is 0 Å². The monoisotopic (exact) mass is 185 g/mol. The second-order valence-electron chi connectivity index (χ2n) is 1.02. The van der Waals surface area contributed by atoms with Gasteiger partial charge in [0.05, 0.1) is 0 Å². The SMILES string of the molecule is N=N/N=N/N=N/N=N/N=N/N=N/N. The molecule has 13 heteroatoms. The van der Waals surface area contributed by atoms with E-state index in [4.69, 9.17) is 5.53 Å². The molecule has 0 aromatic heterocycles. The Morgan fingerprint density at radius 2 is 1.00 bits per heavy atom. The fourth-order valence-electron chi connectivity index (χ4n) is 0.168. The van der Waals surface area contributed by atoms with Crippen LogP contribution in [0.1, 0.15) is 0 Å². The Morgan fingerprint density at radius 1 is 0.615 bits per heavy atom. The molecule has 0 saturated carbocycles. The average molecular weight is 185 g/mol. The van der Waals surface area contributed by atoms with Crippen molar-refractivity contribution >= 4 is 0 Å². The molecule has 0 amide bonds. The van der Waals surface area contributed by atoms with E-state index in [1.165, 1.54) is 0 Å². The Kier molecular flexibility index (Phi) is 7.52. The van der Waals surface area contributed by atoms with Gasteiger partial charge in [-0.3, -0.25) is 0 Å². The third kappa shape index (κ3) is 9.40. The van der Waals surface area contributed by atoms with Crippen molar-refractivity contribution in [1.29, 1.82) is 5.53 Å². The number of rotatable bonds is 5. The fourth-order valence-corrected chi connectivity index (χ4v) is 0.168. The molecule has 3 N–H and O–H groups in total. The minimum Gasteiger partial charge on any atom is -0.303 e. The van der Waals surface area contributed by atoms with E-state index >= 15 is 0 Å². The van der Waals surface area contributed by atoms with Gasteiger partial charge in [0.2, 0.25) is 0 Å². The summed E-state index contributed by atoms with van der Waals surface area (Å²) >= 11 is 0. The van der Waals surface area contributed by atoms with Crippen LogP contribution in [0.25, 0.3) is 0 Å². The Labute approximate surface area is 70.0 Å². The summed E-state index contributed by atoms with van der Waals surface area (Å²) in [5, 5.41) is 31.3. The molecule has 0 radical (unpaired) electrons. The first kappa shape index (κ1) is 10.4. The highest BCUT2D eigenvalue weighted by Crippen LogP contribution is 1.85. The van der Waals surface area contributed by atoms with Crippen molar-refractivity contribution in [2.45, 2.75) is 0 Å². The van der Waals surface area contributed by atoms with Crippen LogP contribution in [0.15, 0.2) is 57.5 Å². The van der Waals surface area contributed by atoms with E-state index in [1.807, 2.05) is 0 Å². The van der Waals surface area contributed by atoms with Crippen LogP contribution in [-0.2, 0) is 0 Å². The van der Waals surface area contributed by atoms with Gasteiger partial charge in [0.1, 0.15) is 0 Å². The molecule has 0 aromatic carbocycles. The smallest absolute Gasteiger partial charge is 0.0000000000821 e. The van der Waals surface area contributed by atoms with Crippen molar-refractivity contribution in [3.63, 3.8) is 0 Å². The molecule has 0 spiro atoms. The first-order chi connectivity index (χ1) is 6.41. The van der Waals surface area contributed by atoms with Gasteiger partial charge in [-0.2, -0.15) is 5.53 Å². The number of nitrogens with zero attached hydrogens (tertiary/aromatic N) is 11. The lowest BCUT2D eigenvalue weighted by atomic mass is 12.3. The van der Waals surface area contributed by atoms with Crippen LogP contribution in [0.3, 0.4) is 0 Å². The molecule has 0 aliphatic heterocycles. The predicted molar refractivity (Wildman–Crippen MR) is 33.6 cm³/mol. The number of nitrogens with one attached hydrogen (secondary N) is 1. The van der Waals surface area contributed by atoms with Crippen LogP contribution < -0.4 is 5.84 Å². The molecule has 13 nitrogen and oxygen atoms in total. The minimum absolute atomic E-state index is 2.49. The molecular formula is H3N13. The van der Waals surface area contributed by atoms with Gasteiger partial charge < -0.3 is 5.84 Å². The van der Waals surface area contributed by atoms with Crippen LogP contribution in [0.2, 0.25) is 0 Å². The Morgan fingerprint density at radius 3 is 1.38 bits per heavy atom. The highest BCUT2D eigenvalue weighted by Gasteiger charge is 1.67. The topological polar surface area (TPSA) is 186 Å². The molecule has 0 bridgehead atoms. The molecule has 0 heterocycles. The van der Waals surface area contributed by atoms with E-state index in [-0.39, 0.29) is 0 Å². The van der Waals surface area contributed by atoms with Gasteiger partial charge in [-0.1, -0.05) is 5.22 Å². The molecule has 13 heavy (non-hydrogen) atoms. The lowest BCUT2D eigenvalue weighted by Gasteiger charge is -1.67. The molecule has 0 aliphatic carbocycles. The average Bonchev–Trinajstić information content (AvgIpc) is 2.16. The number of hydrogen-bond acceptors (Lipinski definition) is 2.